The van der Waals surface area contributed by atoms with Crippen molar-refractivity contribution in [1.29, 1.82) is 0 Å². The van der Waals surface area contributed by atoms with E-state index in [0.717, 1.165) is 98.1 Å². The smallest absolute Gasteiger partial charge is 0.207 e. The van der Waals surface area contributed by atoms with E-state index < -0.39 is 9.84 Å². The molecule has 4 nitrogen and oxygen atoms in total. The summed E-state index contributed by atoms with van der Waals surface area (Å²) in [6.45, 7) is 4.79. The first-order valence-corrected chi connectivity index (χ1v) is 24.3. The van der Waals surface area contributed by atoms with E-state index in [1.807, 2.05) is 42.5 Å². The van der Waals surface area contributed by atoms with Crippen molar-refractivity contribution in [2.75, 3.05) is 4.90 Å². The highest BCUT2D eigenvalue weighted by atomic mass is 32.2. The molecule has 0 unspecified atom stereocenters. The number of benzene rings is 8. The van der Waals surface area contributed by atoms with Crippen LogP contribution >= 0.6 is 0 Å². The van der Waals surface area contributed by atoms with Gasteiger partial charge in [0.2, 0.25) is 9.84 Å². The molecule has 64 heavy (non-hydrogen) atoms. The lowest BCUT2D eigenvalue weighted by atomic mass is 9.46. The Morgan fingerprint density at radius 1 is 0.438 bits per heavy atom. The van der Waals surface area contributed by atoms with Crippen molar-refractivity contribution >= 4 is 48.8 Å². The average molecular weight is 852 g/mol. The maximum Gasteiger partial charge on any atom is 0.207 e. The minimum atomic E-state index is -3.75. The molecule has 314 valence electrons. The predicted octanol–water partition coefficient (Wildman–Crippen LogP) is 15.6. The summed E-state index contributed by atoms with van der Waals surface area (Å²) in [5.74, 6) is 1.89. The summed E-state index contributed by atoms with van der Waals surface area (Å²) >= 11 is 0. The van der Waals surface area contributed by atoms with Gasteiger partial charge >= 0.3 is 0 Å². The molecule has 0 atom stereocenters. The molecule has 3 aliphatic rings. The van der Waals surface area contributed by atoms with Crippen LogP contribution in [0, 0.1) is 23.7 Å². The minimum Gasteiger partial charge on any atom is -0.456 e. The molecular formula is C59H49NO3S. The maximum atomic E-state index is 14.7. The molecule has 8 aromatic carbocycles. The van der Waals surface area contributed by atoms with Crippen molar-refractivity contribution in [3.63, 3.8) is 0 Å². The van der Waals surface area contributed by atoms with Gasteiger partial charge in [0, 0.05) is 33.2 Å². The van der Waals surface area contributed by atoms with Gasteiger partial charge in [-0.15, -0.1) is 0 Å². The summed E-state index contributed by atoms with van der Waals surface area (Å²) in [7, 11) is -3.75. The van der Waals surface area contributed by atoms with Gasteiger partial charge in [-0.3, -0.25) is 0 Å². The highest BCUT2D eigenvalue weighted by Crippen LogP contribution is 2.64. The highest BCUT2D eigenvalue weighted by molar-refractivity contribution is 7.91. The van der Waals surface area contributed by atoms with Crippen LogP contribution in [0.1, 0.15) is 50.7 Å². The second kappa shape index (κ2) is 15.0. The van der Waals surface area contributed by atoms with E-state index in [-0.39, 0.29) is 5.41 Å². The van der Waals surface area contributed by atoms with Gasteiger partial charge < -0.3 is 9.32 Å². The molecule has 2 heterocycles. The molecule has 0 amide bonds. The molecule has 0 N–H and O–H groups in total. The van der Waals surface area contributed by atoms with Crippen LogP contribution < -0.4 is 4.90 Å². The Hall–Kier alpha value is -6.69. The zero-order valence-electron chi connectivity index (χ0n) is 36.1. The summed E-state index contributed by atoms with van der Waals surface area (Å²) in [6.07, 6.45) is 4.38. The third-order valence-electron chi connectivity index (χ3n) is 14.9. The Bertz CT molecular complexity index is 3300. The van der Waals surface area contributed by atoms with E-state index in [4.69, 9.17) is 4.42 Å². The molecule has 2 saturated carbocycles. The highest BCUT2D eigenvalue weighted by Gasteiger charge is 2.59. The molecule has 1 aliphatic heterocycles. The Morgan fingerprint density at radius 2 is 0.906 bits per heavy atom. The number of fused-ring (bicyclic) bond motifs is 5. The number of hydrogen-bond donors (Lipinski definition) is 0. The van der Waals surface area contributed by atoms with Crippen LogP contribution in [0.2, 0.25) is 0 Å². The second-order valence-corrected chi connectivity index (χ2v) is 20.7. The number of furan rings is 1. The molecule has 9 aromatic rings. The van der Waals surface area contributed by atoms with Crippen LogP contribution in [0.25, 0.3) is 55.3 Å². The van der Waals surface area contributed by atoms with Gasteiger partial charge in [-0.2, -0.15) is 0 Å². The third-order valence-corrected chi connectivity index (χ3v) is 16.8. The fraction of sp³-hybridized carbons (Fsp3) is 0.186. The van der Waals surface area contributed by atoms with Crippen molar-refractivity contribution in [3.05, 3.63) is 199 Å². The molecule has 2 fully saturated rings. The molecule has 1 aromatic heterocycles. The lowest BCUT2D eigenvalue weighted by molar-refractivity contribution is 0.0231. The molecule has 0 radical (unpaired) electrons. The third kappa shape index (κ3) is 6.12. The lowest BCUT2D eigenvalue weighted by Crippen LogP contribution is -2.54. The predicted molar refractivity (Wildman–Crippen MR) is 261 cm³/mol. The molecule has 0 saturated heterocycles. The number of hydrogen-bond acceptors (Lipinski definition) is 4. The van der Waals surface area contributed by atoms with Gasteiger partial charge in [0.15, 0.2) is 0 Å². The summed E-state index contributed by atoms with van der Waals surface area (Å²) < 4.78 is 35.8. The van der Waals surface area contributed by atoms with E-state index in [9.17, 15) is 8.42 Å². The maximum absolute atomic E-state index is 14.7. The monoisotopic (exact) mass is 851 g/mol. The van der Waals surface area contributed by atoms with Crippen molar-refractivity contribution in [2.24, 2.45) is 23.7 Å². The van der Waals surface area contributed by atoms with Crippen LogP contribution in [-0.4, -0.2) is 8.42 Å². The van der Waals surface area contributed by atoms with Crippen LogP contribution in [0.3, 0.4) is 0 Å². The topological polar surface area (TPSA) is 50.5 Å². The largest absolute Gasteiger partial charge is 0.456 e. The van der Waals surface area contributed by atoms with Gasteiger partial charge in [-0.05, 0) is 161 Å². The van der Waals surface area contributed by atoms with Gasteiger partial charge in [0.05, 0.1) is 9.79 Å². The average Bonchev–Trinajstić information content (AvgIpc) is 3.70. The van der Waals surface area contributed by atoms with Crippen molar-refractivity contribution < 1.29 is 12.8 Å². The quantitative estimate of drug-likeness (QED) is 0.167. The van der Waals surface area contributed by atoms with Crippen molar-refractivity contribution in [1.82, 2.24) is 0 Å². The lowest BCUT2D eigenvalue weighted by Gasteiger charge is -2.59. The number of para-hydroxylation sites is 1. The molecule has 12 rings (SSSR count). The fourth-order valence-corrected chi connectivity index (χ4v) is 14.0. The first kappa shape index (κ1) is 38.9. The Morgan fingerprint density at radius 3 is 1.55 bits per heavy atom. The second-order valence-electron chi connectivity index (χ2n) is 18.8. The van der Waals surface area contributed by atoms with Gasteiger partial charge in [0.1, 0.15) is 11.2 Å². The summed E-state index contributed by atoms with van der Waals surface area (Å²) in [4.78, 5) is 3.27. The van der Waals surface area contributed by atoms with Crippen LogP contribution in [0.5, 0.6) is 0 Å². The standard InChI is InChI=1S/C59H49NO3S/c1-38-32-46-34-39(2)35-47(33-38)59(46)53-13-7-9-15-57(53)64(61,62)58-31-29-50(37-54(58)59)60(48-25-20-43(21-26-48)42-18-16-41(17-19-42)40-10-4-3-5-11-40)49-27-22-44(23-28-49)45-24-30-52-51-12-6-8-14-55(51)63-56(52)36-45/h3-31,36-39,46-47H,32-35H2,1-2H3. The normalized spacial score (nSPS) is 22.0. The van der Waals surface area contributed by atoms with Gasteiger partial charge in [-0.25, -0.2) is 8.42 Å². The van der Waals surface area contributed by atoms with E-state index >= 15 is 0 Å². The number of sulfone groups is 1. The molecule has 5 heteroatoms. The van der Waals surface area contributed by atoms with E-state index in [2.05, 4.69) is 164 Å². The Labute approximate surface area is 375 Å². The van der Waals surface area contributed by atoms with E-state index in [1.54, 1.807) is 0 Å². The fourth-order valence-electron chi connectivity index (χ4n) is 12.2. The first-order valence-electron chi connectivity index (χ1n) is 22.8. The van der Waals surface area contributed by atoms with Crippen molar-refractivity contribution in [3.8, 4) is 33.4 Å². The van der Waals surface area contributed by atoms with Gasteiger partial charge in [-0.1, -0.05) is 135 Å². The molecule has 1 spiro atoms. The zero-order valence-corrected chi connectivity index (χ0v) is 36.9. The molecule has 2 bridgehead atoms. The van der Waals surface area contributed by atoms with Crippen molar-refractivity contribution in [2.45, 2.75) is 54.7 Å². The number of anilines is 3. The minimum absolute atomic E-state index is 0.347. The summed E-state index contributed by atoms with van der Waals surface area (Å²) in [6, 6.07) is 65.6. The molecular weight excluding hydrogens is 803 g/mol. The van der Waals surface area contributed by atoms with Gasteiger partial charge in [0.25, 0.3) is 0 Å². The van der Waals surface area contributed by atoms with E-state index in [1.165, 1.54) is 11.1 Å². The zero-order chi connectivity index (χ0) is 43.2. The number of rotatable bonds is 6. The first-order chi connectivity index (χ1) is 31.3. The SMILES string of the molecule is CC1CC2CC(C)CC(C1)C21c2ccccc2S(=O)(=O)c2ccc(N(c3ccc(-c4ccc(-c5ccccc5)cc4)cc3)c3ccc(-c4ccc5c(c4)oc4ccccc45)cc3)cc21. The van der Waals surface area contributed by atoms with Crippen LogP contribution in [-0.2, 0) is 15.3 Å². The summed E-state index contributed by atoms with van der Waals surface area (Å²) in [5.41, 5.74) is 13.1. The molecule has 2 aliphatic carbocycles. The Balaban J connectivity index is 0.991. The summed E-state index contributed by atoms with van der Waals surface area (Å²) in [5, 5.41) is 2.23. The van der Waals surface area contributed by atoms with Crippen LogP contribution in [0.15, 0.2) is 202 Å². The van der Waals surface area contributed by atoms with E-state index in [0.29, 0.717) is 33.5 Å². The van der Waals surface area contributed by atoms with Crippen LogP contribution in [0.4, 0.5) is 17.1 Å². The Kier molecular flexibility index (Phi) is 9.10. The number of nitrogens with zero attached hydrogens (tertiary/aromatic N) is 1.